The summed E-state index contributed by atoms with van der Waals surface area (Å²) in [5.74, 6) is 1.43. The lowest BCUT2D eigenvalue weighted by Crippen LogP contribution is -2.43. The number of benzene rings is 1. The van der Waals surface area contributed by atoms with Crippen LogP contribution in [-0.4, -0.2) is 25.6 Å². The van der Waals surface area contributed by atoms with Crippen LogP contribution < -0.4 is 15.4 Å². The molecule has 0 aromatic heterocycles. The molecule has 0 atom stereocenters. The van der Waals surface area contributed by atoms with Gasteiger partial charge in [-0.25, -0.2) is 0 Å². The van der Waals surface area contributed by atoms with Crippen molar-refractivity contribution >= 4 is 11.6 Å². The van der Waals surface area contributed by atoms with Gasteiger partial charge in [0.05, 0.1) is 6.61 Å². The Morgan fingerprint density at radius 1 is 1.39 bits per heavy atom. The van der Waals surface area contributed by atoms with E-state index >= 15 is 0 Å². The number of nitrogens with one attached hydrogen (secondary N) is 2. The zero-order valence-electron chi connectivity index (χ0n) is 10.7. The summed E-state index contributed by atoms with van der Waals surface area (Å²) in [5, 5.41) is 6.06. The van der Waals surface area contributed by atoms with Gasteiger partial charge in [0.2, 0.25) is 5.91 Å². The summed E-state index contributed by atoms with van der Waals surface area (Å²) >= 11 is 0. The van der Waals surface area contributed by atoms with E-state index < -0.39 is 0 Å². The van der Waals surface area contributed by atoms with Gasteiger partial charge < -0.3 is 15.4 Å². The minimum atomic E-state index is 0.0868. The Morgan fingerprint density at radius 3 is 2.67 bits per heavy atom. The van der Waals surface area contributed by atoms with Crippen LogP contribution in [0.15, 0.2) is 24.3 Å². The van der Waals surface area contributed by atoms with E-state index in [9.17, 15) is 4.79 Å². The van der Waals surface area contributed by atoms with Gasteiger partial charge in [-0.2, -0.15) is 0 Å². The van der Waals surface area contributed by atoms with Gasteiger partial charge in [-0.15, -0.1) is 0 Å². The quantitative estimate of drug-likeness (QED) is 0.810. The van der Waals surface area contributed by atoms with Crippen LogP contribution in [0.25, 0.3) is 0 Å². The average molecular weight is 248 g/mol. The Kier molecular flexibility index (Phi) is 4.59. The lowest BCUT2D eigenvalue weighted by molar-refractivity contribution is -0.117. The highest BCUT2D eigenvalue weighted by atomic mass is 16.5. The second kappa shape index (κ2) is 6.40. The van der Waals surface area contributed by atoms with Crippen LogP contribution in [0, 0.1) is 5.92 Å². The molecule has 18 heavy (non-hydrogen) atoms. The van der Waals surface area contributed by atoms with Gasteiger partial charge in [0.25, 0.3) is 0 Å². The summed E-state index contributed by atoms with van der Waals surface area (Å²) in [6, 6.07) is 7.52. The molecule has 0 saturated carbocycles. The molecule has 4 nitrogen and oxygen atoms in total. The van der Waals surface area contributed by atoms with Crippen molar-refractivity contribution in [2.75, 3.05) is 25.0 Å². The average Bonchev–Trinajstić information content (AvgIpc) is 2.33. The van der Waals surface area contributed by atoms with Crippen LogP contribution >= 0.6 is 0 Å². The molecule has 1 saturated heterocycles. The fraction of sp³-hybridized carbons (Fsp3) is 0.500. The summed E-state index contributed by atoms with van der Waals surface area (Å²) in [6.07, 6.45) is 1.59. The number of hydrogen-bond acceptors (Lipinski definition) is 3. The van der Waals surface area contributed by atoms with Crippen molar-refractivity contribution in [2.24, 2.45) is 5.92 Å². The third-order valence-electron chi connectivity index (χ3n) is 2.95. The first kappa shape index (κ1) is 12.9. The summed E-state index contributed by atoms with van der Waals surface area (Å²) < 4.78 is 5.49. The van der Waals surface area contributed by atoms with E-state index in [0.29, 0.717) is 12.3 Å². The highest BCUT2D eigenvalue weighted by Crippen LogP contribution is 2.17. The molecule has 1 aromatic carbocycles. The highest BCUT2D eigenvalue weighted by molar-refractivity contribution is 5.90. The molecule has 0 bridgehead atoms. The largest absolute Gasteiger partial charge is 0.494 e. The van der Waals surface area contributed by atoms with Crippen molar-refractivity contribution in [3.8, 4) is 5.75 Å². The Hall–Kier alpha value is -1.55. The molecule has 2 N–H and O–H groups in total. The summed E-state index contributed by atoms with van der Waals surface area (Å²) in [4.78, 5) is 11.7. The van der Waals surface area contributed by atoms with E-state index in [0.717, 1.165) is 37.6 Å². The van der Waals surface area contributed by atoms with Crippen LogP contribution in [0.1, 0.15) is 19.8 Å². The van der Waals surface area contributed by atoms with Crippen molar-refractivity contribution in [1.29, 1.82) is 0 Å². The number of ether oxygens (including phenoxy) is 1. The molecule has 0 aliphatic carbocycles. The number of hydrogen-bond donors (Lipinski definition) is 2. The maximum absolute atomic E-state index is 11.7. The predicted molar refractivity (Wildman–Crippen MR) is 71.8 cm³/mol. The number of amides is 1. The Morgan fingerprint density at radius 2 is 2.11 bits per heavy atom. The molecule has 1 aromatic rings. The Balaban J connectivity index is 1.79. The van der Waals surface area contributed by atoms with E-state index in [1.165, 1.54) is 0 Å². The molecular formula is C14H20N2O2. The predicted octanol–water partition coefficient (Wildman–Crippen LogP) is 2.02. The van der Waals surface area contributed by atoms with E-state index in [-0.39, 0.29) is 5.91 Å². The topological polar surface area (TPSA) is 50.4 Å². The number of anilines is 1. The van der Waals surface area contributed by atoms with Gasteiger partial charge in [-0.3, -0.25) is 4.79 Å². The number of carbonyl (C=O) groups is 1. The zero-order chi connectivity index (χ0) is 12.8. The SMILES string of the molecule is CCCOc1ccc(NC(=O)CC2CNC2)cc1. The van der Waals surface area contributed by atoms with Gasteiger partial charge in [-0.1, -0.05) is 6.92 Å². The number of rotatable bonds is 6. The second-order valence-corrected chi connectivity index (χ2v) is 4.65. The third kappa shape index (κ3) is 3.74. The van der Waals surface area contributed by atoms with Crippen LogP contribution in [0.5, 0.6) is 5.75 Å². The summed E-state index contributed by atoms with van der Waals surface area (Å²) in [7, 11) is 0. The van der Waals surface area contributed by atoms with Crippen molar-refractivity contribution < 1.29 is 9.53 Å². The number of carbonyl (C=O) groups excluding carboxylic acids is 1. The fourth-order valence-corrected chi connectivity index (χ4v) is 1.82. The first-order chi connectivity index (χ1) is 8.78. The van der Waals surface area contributed by atoms with Crippen LogP contribution in [-0.2, 0) is 4.79 Å². The standard InChI is InChI=1S/C14H20N2O2/c1-2-7-18-13-5-3-12(4-6-13)16-14(17)8-11-9-15-10-11/h3-6,11,15H,2,7-10H2,1H3,(H,16,17). The van der Waals surface area contributed by atoms with Crippen molar-refractivity contribution in [1.82, 2.24) is 5.32 Å². The molecule has 0 radical (unpaired) electrons. The minimum absolute atomic E-state index is 0.0868. The van der Waals surface area contributed by atoms with Gasteiger partial charge in [-0.05, 0) is 49.7 Å². The van der Waals surface area contributed by atoms with Crippen LogP contribution in [0.4, 0.5) is 5.69 Å². The highest BCUT2D eigenvalue weighted by Gasteiger charge is 2.19. The van der Waals surface area contributed by atoms with E-state index in [2.05, 4.69) is 17.6 Å². The van der Waals surface area contributed by atoms with Crippen molar-refractivity contribution in [2.45, 2.75) is 19.8 Å². The van der Waals surface area contributed by atoms with Gasteiger partial charge in [0, 0.05) is 12.1 Å². The molecule has 1 fully saturated rings. The Bertz CT molecular complexity index is 385. The maximum Gasteiger partial charge on any atom is 0.224 e. The van der Waals surface area contributed by atoms with Gasteiger partial charge in [0.1, 0.15) is 5.75 Å². The van der Waals surface area contributed by atoms with E-state index in [4.69, 9.17) is 4.74 Å². The van der Waals surface area contributed by atoms with E-state index in [1.807, 2.05) is 24.3 Å². The molecule has 4 heteroatoms. The minimum Gasteiger partial charge on any atom is -0.494 e. The fourth-order valence-electron chi connectivity index (χ4n) is 1.82. The molecular weight excluding hydrogens is 228 g/mol. The summed E-state index contributed by atoms with van der Waals surface area (Å²) in [6.45, 7) is 4.71. The van der Waals surface area contributed by atoms with Gasteiger partial charge >= 0.3 is 0 Å². The molecule has 0 spiro atoms. The molecule has 2 rings (SSSR count). The molecule has 0 unspecified atom stereocenters. The zero-order valence-corrected chi connectivity index (χ0v) is 10.7. The van der Waals surface area contributed by atoms with Crippen LogP contribution in [0.2, 0.25) is 0 Å². The first-order valence-electron chi connectivity index (χ1n) is 6.51. The maximum atomic E-state index is 11.7. The normalized spacial score (nSPS) is 14.9. The second-order valence-electron chi connectivity index (χ2n) is 4.65. The lowest BCUT2D eigenvalue weighted by atomic mass is 9.99. The molecule has 1 amide bonds. The first-order valence-corrected chi connectivity index (χ1v) is 6.51. The smallest absolute Gasteiger partial charge is 0.224 e. The van der Waals surface area contributed by atoms with Crippen molar-refractivity contribution in [3.63, 3.8) is 0 Å². The molecule has 1 aliphatic rings. The summed E-state index contributed by atoms with van der Waals surface area (Å²) in [5.41, 5.74) is 0.830. The van der Waals surface area contributed by atoms with Crippen LogP contribution in [0.3, 0.4) is 0 Å². The van der Waals surface area contributed by atoms with E-state index in [1.54, 1.807) is 0 Å². The van der Waals surface area contributed by atoms with Crippen molar-refractivity contribution in [3.05, 3.63) is 24.3 Å². The third-order valence-corrected chi connectivity index (χ3v) is 2.95. The van der Waals surface area contributed by atoms with Gasteiger partial charge in [0.15, 0.2) is 0 Å². The molecule has 1 heterocycles. The lowest BCUT2D eigenvalue weighted by Gasteiger charge is -2.26. The molecule has 98 valence electrons. The Labute approximate surface area is 108 Å². The molecule has 1 aliphatic heterocycles. The monoisotopic (exact) mass is 248 g/mol.